The second-order valence-electron chi connectivity index (χ2n) is 6.57. The van der Waals surface area contributed by atoms with Crippen molar-refractivity contribution in [2.45, 2.75) is 19.9 Å². The maximum atomic E-state index is 4.74. The van der Waals surface area contributed by atoms with Gasteiger partial charge in [0.25, 0.3) is 0 Å². The van der Waals surface area contributed by atoms with Gasteiger partial charge < -0.3 is 14.8 Å². The van der Waals surface area contributed by atoms with Crippen LogP contribution in [0.2, 0.25) is 0 Å². The summed E-state index contributed by atoms with van der Waals surface area (Å²) in [6.07, 6.45) is 3.56. The van der Waals surface area contributed by atoms with Gasteiger partial charge in [-0.05, 0) is 26.0 Å². The van der Waals surface area contributed by atoms with Gasteiger partial charge in [-0.3, -0.25) is 9.98 Å². The molecule has 1 N–H and O–H groups in total. The third-order valence-corrected chi connectivity index (χ3v) is 4.36. The molecule has 0 saturated carbocycles. The van der Waals surface area contributed by atoms with Crippen LogP contribution < -0.4 is 10.2 Å². The van der Waals surface area contributed by atoms with Crippen LogP contribution in [0.15, 0.2) is 47.7 Å². The predicted molar refractivity (Wildman–Crippen MR) is 102 cm³/mol. The quantitative estimate of drug-likeness (QED) is 0.797. The van der Waals surface area contributed by atoms with Gasteiger partial charge in [0.05, 0.1) is 24.6 Å². The number of rotatable bonds is 4. The molecule has 0 atom stereocenters. The Morgan fingerprint density at radius 1 is 1.16 bits per heavy atom. The van der Waals surface area contributed by atoms with E-state index in [4.69, 9.17) is 9.98 Å². The van der Waals surface area contributed by atoms with Crippen LogP contribution in [0.3, 0.4) is 0 Å². The second-order valence-corrected chi connectivity index (χ2v) is 6.57. The largest absolute Gasteiger partial charge is 0.367 e. The fraction of sp³-hybridized carbons (Fsp3) is 0.316. The monoisotopic (exact) mass is 334 g/mol. The highest BCUT2D eigenvalue weighted by atomic mass is 15.3. The van der Waals surface area contributed by atoms with Crippen molar-refractivity contribution in [3.63, 3.8) is 0 Å². The van der Waals surface area contributed by atoms with Crippen LogP contribution in [-0.2, 0) is 7.05 Å². The standard InChI is InChI=1S/C19H22N6/c1-13(2)22-17-11-20-12-18(23-17)25-9-8-21-19(25)16-10-14-6-4-5-7-15(14)24(16)3/h4-7,10-13H,8-9H2,1-3H3,(H,22,23). The fourth-order valence-corrected chi connectivity index (χ4v) is 3.24. The number of aromatic nitrogens is 3. The number of amidine groups is 1. The molecular formula is C19H22N6. The number of hydrogen-bond donors (Lipinski definition) is 1. The van der Waals surface area contributed by atoms with Crippen molar-refractivity contribution < 1.29 is 0 Å². The summed E-state index contributed by atoms with van der Waals surface area (Å²) in [6.45, 7) is 5.76. The Hall–Kier alpha value is -2.89. The minimum absolute atomic E-state index is 0.314. The summed E-state index contributed by atoms with van der Waals surface area (Å²) in [7, 11) is 2.08. The minimum Gasteiger partial charge on any atom is -0.367 e. The van der Waals surface area contributed by atoms with E-state index < -0.39 is 0 Å². The number of para-hydroxylation sites is 1. The number of aryl methyl sites for hydroxylation is 1. The van der Waals surface area contributed by atoms with E-state index in [9.17, 15) is 0 Å². The van der Waals surface area contributed by atoms with Crippen molar-refractivity contribution in [1.82, 2.24) is 14.5 Å². The Labute approximate surface area is 147 Å². The van der Waals surface area contributed by atoms with Crippen molar-refractivity contribution in [3.05, 3.63) is 48.4 Å². The molecule has 4 rings (SSSR count). The highest BCUT2D eigenvalue weighted by molar-refractivity contribution is 6.12. The molecule has 0 aliphatic carbocycles. The Bertz CT molecular complexity index is 940. The van der Waals surface area contributed by atoms with Gasteiger partial charge in [0.2, 0.25) is 0 Å². The van der Waals surface area contributed by atoms with E-state index in [-0.39, 0.29) is 0 Å². The summed E-state index contributed by atoms with van der Waals surface area (Å²) in [5.74, 6) is 2.57. The third kappa shape index (κ3) is 2.84. The molecule has 0 amide bonds. The summed E-state index contributed by atoms with van der Waals surface area (Å²) < 4.78 is 2.19. The molecule has 0 spiro atoms. The maximum absolute atomic E-state index is 4.74. The normalized spacial score (nSPS) is 14.4. The minimum atomic E-state index is 0.314. The summed E-state index contributed by atoms with van der Waals surface area (Å²) in [5, 5.41) is 4.53. The third-order valence-electron chi connectivity index (χ3n) is 4.36. The van der Waals surface area contributed by atoms with Crippen LogP contribution in [0.1, 0.15) is 19.5 Å². The van der Waals surface area contributed by atoms with Crippen LogP contribution in [0.4, 0.5) is 11.6 Å². The first kappa shape index (κ1) is 15.6. The number of benzene rings is 1. The zero-order valence-corrected chi connectivity index (χ0v) is 14.8. The lowest BCUT2D eigenvalue weighted by molar-refractivity contribution is 0.882. The maximum Gasteiger partial charge on any atom is 0.155 e. The van der Waals surface area contributed by atoms with Crippen molar-refractivity contribution in [1.29, 1.82) is 0 Å². The van der Waals surface area contributed by atoms with E-state index in [0.717, 1.165) is 36.3 Å². The number of nitrogens with zero attached hydrogens (tertiary/aromatic N) is 5. The zero-order valence-electron chi connectivity index (χ0n) is 14.8. The van der Waals surface area contributed by atoms with Gasteiger partial charge >= 0.3 is 0 Å². The molecule has 0 saturated heterocycles. The van der Waals surface area contributed by atoms with E-state index in [1.807, 2.05) is 0 Å². The van der Waals surface area contributed by atoms with E-state index in [1.165, 1.54) is 10.9 Å². The smallest absolute Gasteiger partial charge is 0.155 e. The Morgan fingerprint density at radius 3 is 2.80 bits per heavy atom. The van der Waals surface area contributed by atoms with Crippen LogP contribution in [0.5, 0.6) is 0 Å². The van der Waals surface area contributed by atoms with Gasteiger partial charge in [0.15, 0.2) is 11.7 Å². The first-order chi connectivity index (χ1) is 12.1. The average molecular weight is 334 g/mol. The Balaban J connectivity index is 1.72. The average Bonchev–Trinajstić information content (AvgIpc) is 3.20. The van der Waals surface area contributed by atoms with Gasteiger partial charge in [-0.15, -0.1) is 0 Å². The molecule has 128 valence electrons. The second kappa shape index (κ2) is 6.20. The van der Waals surface area contributed by atoms with Crippen LogP contribution in [0, 0.1) is 0 Å². The van der Waals surface area contributed by atoms with E-state index in [2.05, 4.69) is 71.0 Å². The van der Waals surface area contributed by atoms with E-state index in [0.29, 0.717) is 6.04 Å². The van der Waals surface area contributed by atoms with E-state index in [1.54, 1.807) is 12.4 Å². The Kier molecular flexibility index (Phi) is 3.87. The Morgan fingerprint density at radius 2 is 2.00 bits per heavy atom. The molecule has 6 heteroatoms. The molecule has 0 radical (unpaired) electrons. The van der Waals surface area contributed by atoms with Gasteiger partial charge in [-0.2, -0.15) is 0 Å². The van der Waals surface area contributed by atoms with Crippen molar-refractivity contribution in [2.24, 2.45) is 12.0 Å². The van der Waals surface area contributed by atoms with Crippen LogP contribution >= 0.6 is 0 Å². The number of fused-ring (bicyclic) bond motifs is 1. The highest BCUT2D eigenvalue weighted by Crippen LogP contribution is 2.24. The molecule has 0 fully saturated rings. The lowest BCUT2D eigenvalue weighted by Crippen LogP contribution is -2.30. The van der Waals surface area contributed by atoms with Crippen molar-refractivity contribution >= 4 is 28.4 Å². The molecule has 6 nitrogen and oxygen atoms in total. The molecular weight excluding hydrogens is 312 g/mol. The molecule has 3 heterocycles. The molecule has 2 aromatic heterocycles. The lowest BCUT2D eigenvalue weighted by atomic mass is 10.2. The SMILES string of the molecule is CC(C)Nc1cncc(N2CCN=C2c2cc3ccccc3n2C)n1. The number of hydrogen-bond acceptors (Lipinski definition) is 5. The molecule has 0 bridgehead atoms. The first-order valence-corrected chi connectivity index (χ1v) is 8.59. The molecule has 0 unspecified atom stereocenters. The van der Waals surface area contributed by atoms with Crippen molar-refractivity contribution in [3.8, 4) is 0 Å². The first-order valence-electron chi connectivity index (χ1n) is 8.59. The van der Waals surface area contributed by atoms with E-state index >= 15 is 0 Å². The summed E-state index contributed by atoms with van der Waals surface area (Å²) >= 11 is 0. The van der Waals surface area contributed by atoms with Gasteiger partial charge in [0, 0.05) is 30.5 Å². The van der Waals surface area contributed by atoms with Crippen LogP contribution in [0.25, 0.3) is 10.9 Å². The van der Waals surface area contributed by atoms with Crippen molar-refractivity contribution in [2.75, 3.05) is 23.3 Å². The number of nitrogens with one attached hydrogen (secondary N) is 1. The highest BCUT2D eigenvalue weighted by Gasteiger charge is 2.24. The molecule has 3 aromatic rings. The molecule has 1 aliphatic rings. The molecule has 1 aliphatic heterocycles. The zero-order chi connectivity index (χ0) is 17.4. The summed E-state index contributed by atoms with van der Waals surface area (Å²) in [5.41, 5.74) is 2.30. The predicted octanol–water partition coefficient (Wildman–Crippen LogP) is 3.06. The number of anilines is 2. The summed E-state index contributed by atoms with van der Waals surface area (Å²) in [4.78, 5) is 16.0. The number of aliphatic imine (C=N–C) groups is 1. The topological polar surface area (TPSA) is 58.3 Å². The lowest BCUT2D eigenvalue weighted by Gasteiger charge is -2.20. The van der Waals surface area contributed by atoms with Gasteiger partial charge in [-0.1, -0.05) is 18.2 Å². The van der Waals surface area contributed by atoms with Crippen LogP contribution in [-0.4, -0.2) is 39.5 Å². The van der Waals surface area contributed by atoms with Gasteiger partial charge in [0.1, 0.15) is 5.82 Å². The van der Waals surface area contributed by atoms with Gasteiger partial charge in [-0.25, -0.2) is 4.98 Å². The fourth-order valence-electron chi connectivity index (χ4n) is 3.24. The molecule has 25 heavy (non-hydrogen) atoms. The summed E-state index contributed by atoms with van der Waals surface area (Å²) in [6, 6.07) is 10.9. The molecule has 1 aromatic carbocycles.